The molecule has 1 unspecified atom stereocenters. The number of benzene rings is 2. The number of nitrogens with zero attached hydrogens (tertiary/aromatic N) is 2. The zero-order chi connectivity index (χ0) is 24.7. The maximum atomic E-state index is 14.0. The van der Waals surface area contributed by atoms with Crippen LogP contribution in [0.4, 0.5) is 11.4 Å². The number of nitrogens with one attached hydrogen (secondary N) is 1. The van der Waals surface area contributed by atoms with E-state index in [1.807, 2.05) is 26.0 Å². The molecule has 0 aromatic heterocycles. The molecule has 1 atom stereocenters. The lowest BCUT2D eigenvalue weighted by Crippen LogP contribution is -2.44. The van der Waals surface area contributed by atoms with E-state index < -0.39 is 26.6 Å². The lowest BCUT2D eigenvalue weighted by atomic mass is 9.63. The highest BCUT2D eigenvalue weighted by Crippen LogP contribution is 2.57. The molecule has 10 heteroatoms. The maximum Gasteiger partial charge on any atom is 0.351 e. The number of Topliss-reactive ketones (excluding diaryl/α,β-unsaturated/α-hetero) is 1. The van der Waals surface area contributed by atoms with Crippen LogP contribution in [0, 0.1) is 0 Å². The Morgan fingerprint density at radius 2 is 1.85 bits per heavy atom. The van der Waals surface area contributed by atoms with Crippen LogP contribution in [0.15, 0.2) is 57.3 Å². The smallest absolute Gasteiger partial charge is 0.351 e. The van der Waals surface area contributed by atoms with Crippen molar-refractivity contribution in [2.45, 2.75) is 49.8 Å². The van der Waals surface area contributed by atoms with Gasteiger partial charge in [0.05, 0.1) is 22.1 Å². The van der Waals surface area contributed by atoms with Crippen LogP contribution < -0.4 is 5.32 Å². The highest BCUT2D eigenvalue weighted by atomic mass is 32.3. The molecule has 180 valence electrons. The number of fused-ring (bicyclic) bond motifs is 2. The molecule has 2 aromatic rings. The highest BCUT2D eigenvalue weighted by Gasteiger charge is 2.48. The minimum absolute atomic E-state index is 0.0277. The SMILES string of the molecule is CCCC1(CCC)C(=O)C(C2=NS([O-])(O)c3cc([N+]#S(C)=O)ccc3N2)=C(O)c2ccccc21. The van der Waals surface area contributed by atoms with Gasteiger partial charge in [0.25, 0.3) is 0 Å². The Labute approximate surface area is 202 Å². The van der Waals surface area contributed by atoms with E-state index in [1.165, 1.54) is 18.4 Å². The number of rotatable bonds is 5. The van der Waals surface area contributed by atoms with Crippen LogP contribution in [-0.4, -0.2) is 36.3 Å². The zero-order valence-corrected chi connectivity index (χ0v) is 20.8. The van der Waals surface area contributed by atoms with Crippen molar-refractivity contribution in [3.8, 4) is 0 Å². The molecule has 0 spiro atoms. The highest BCUT2D eigenvalue weighted by molar-refractivity contribution is 8.23. The largest absolute Gasteiger partial charge is 0.745 e. The molecule has 0 fully saturated rings. The number of hydrogen-bond donors (Lipinski definition) is 3. The summed E-state index contributed by atoms with van der Waals surface area (Å²) in [6, 6.07) is 11.7. The van der Waals surface area contributed by atoms with Gasteiger partial charge in [0.2, 0.25) is 0 Å². The minimum atomic E-state index is -3.97. The first kappa shape index (κ1) is 24.3. The molecular formula is C24H27N3O5S2. The van der Waals surface area contributed by atoms with Crippen LogP contribution in [-0.2, 0) is 20.6 Å². The topological polar surface area (TPSA) is 126 Å². The molecule has 0 amide bonds. The lowest BCUT2D eigenvalue weighted by molar-refractivity contribution is -0.121. The van der Waals surface area contributed by atoms with Gasteiger partial charge in [-0.05, 0) is 24.5 Å². The Morgan fingerprint density at radius 1 is 1.18 bits per heavy atom. The van der Waals surface area contributed by atoms with Gasteiger partial charge in [-0.3, -0.25) is 4.79 Å². The summed E-state index contributed by atoms with van der Waals surface area (Å²) >= 11 is 0. The van der Waals surface area contributed by atoms with E-state index in [1.54, 1.807) is 18.2 Å². The average molecular weight is 502 g/mol. The van der Waals surface area contributed by atoms with Gasteiger partial charge in [-0.2, -0.15) is 4.40 Å². The molecule has 1 heterocycles. The Bertz CT molecular complexity index is 1380. The number of aliphatic hydroxyl groups is 1. The first-order valence-corrected chi connectivity index (χ1v) is 14.0. The number of carbonyl (C=O) groups is 1. The number of hydrogen-bond acceptors (Lipinski definition) is 7. The second kappa shape index (κ2) is 9.05. The third-order valence-electron chi connectivity index (χ3n) is 6.14. The molecule has 34 heavy (non-hydrogen) atoms. The van der Waals surface area contributed by atoms with Gasteiger partial charge in [0.15, 0.2) is 11.6 Å². The first-order valence-electron chi connectivity index (χ1n) is 11.1. The van der Waals surface area contributed by atoms with Gasteiger partial charge in [0, 0.05) is 15.8 Å². The fourth-order valence-electron chi connectivity index (χ4n) is 4.88. The van der Waals surface area contributed by atoms with Crippen LogP contribution in [0.1, 0.15) is 50.7 Å². The molecule has 4 rings (SSSR count). The second-order valence-electron chi connectivity index (χ2n) is 8.44. The average Bonchev–Trinajstić information content (AvgIpc) is 2.78. The third kappa shape index (κ3) is 3.97. The van der Waals surface area contributed by atoms with E-state index in [0.717, 1.165) is 18.4 Å². The van der Waals surface area contributed by atoms with Gasteiger partial charge in [-0.1, -0.05) is 51.0 Å². The van der Waals surface area contributed by atoms with Crippen LogP contribution in [0.3, 0.4) is 0 Å². The number of carbonyl (C=O) groups excluding carboxylic acids is 1. The molecule has 8 nitrogen and oxygen atoms in total. The van der Waals surface area contributed by atoms with Crippen LogP contribution in [0.2, 0.25) is 0 Å². The monoisotopic (exact) mass is 501 g/mol. The molecule has 2 aliphatic rings. The van der Waals surface area contributed by atoms with Gasteiger partial charge in [-0.15, -0.1) is 4.21 Å². The number of aliphatic hydroxyl groups excluding tert-OH is 1. The van der Waals surface area contributed by atoms with Crippen molar-refractivity contribution in [2.24, 2.45) is 4.40 Å². The zero-order valence-electron chi connectivity index (χ0n) is 19.2. The van der Waals surface area contributed by atoms with Crippen molar-refractivity contribution in [1.82, 2.24) is 0 Å². The fourth-order valence-corrected chi connectivity index (χ4v) is 6.45. The summed E-state index contributed by atoms with van der Waals surface area (Å²) in [7, 11) is -5.45. The lowest BCUT2D eigenvalue weighted by Gasteiger charge is -2.46. The maximum absolute atomic E-state index is 14.0. The van der Waals surface area contributed by atoms with E-state index in [9.17, 15) is 23.2 Å². The quantitative estimate of drug-likeness (QED) is 0.469. The molecule has 1 aliphatic heterocycles. The summed E-state index contributed by atoms with van der Waals surface area (Å²) in [5, 5.41) is 14.2. The summed E-state index contributed by atoms with van der Waals surface area (Å²) < 4.78 is 43.3. The molecule has 3 N–H and O–H groups in total. The molecular weight excluding hydrogens is 474 g/mol. The molecule has 0 bridgehead atoms. The number of anilines is 1. The molecule has 0 saturated heterocycles. The molecule has 1 aliphatic carbocycles. The van der Waals surface area contributed by atoms with E-state index in [2.05, 4.69) is 13.9 Å². The summed E-state index contributed by atoms with van der Waals surface area (Å²) in [5.74, 6) is -0.719. The summed E-state index contributed by atoms with van der Waals surface area (Å²) in [6.07, 6.45) is 4.04. The normalized spacial score (nSPS) is 22.5. The summed E-state index contributed by atoms with van der Waals surface area (Å²) in [5.41, 5.74) is 0.884. The predicted molar refractivity (Wildman–Crippen MR) is 136 cm³/mol. The predicted octanol–water partition coefficient (Wildman–Crippen LogP) is 5.88. The van der Waals surface area contributed by atoms with Crippen LogP contribution in [0.5, 0.6) is 0 Å². The summed E-state index contributed by atoms with van der Waals surface area (Å²) in [6.45, 7) is 4.01. The van der Waals surface area contributed by atoms with Gasteiger partial charge in [-0.25, -0.2) is 10.8 Å². The van der Waals surface area contributed by atoms with Crippen molar-refractivity contribution in [1.29, 1.82) is 0 Å². The molecule has 0 radical (unpaired) electrons. The van der Waals surface area contributed by atoms with Crippen LogP contribution >= 0.6 is 10.8 Å². The van der Waals surface area contributed by atoms with E-state index in [0.29, 0.717) is 18.4 Å². The van der Waals surface area contributed by atoms with Gasteiger partial charge < -0.3 is 19.5 Å². The third-order valence-corrected chi connectivity index (χ3v) is 7.95. The van der Waals surface area contributed by atoms with Crippen molar-refractivity contribution < 1.29 is 23.2 Å². The Balaban J connectivity index is 1.91. The fraction of sp³-hybridized carbons (Fsp3) is 0.333. The van der Waals surface area contributed by atoms with Crippen molar-refractivity contribution in [3.05, 3.63) is 63.4 Å². The van der Waals surface area contributed by atoms with Crippen molar-refractivity contribution >= 4 is 50.0 Å². The van der Waals surface area contributed by atoms with Gasteiger partial charge in [0.1, 0.15) is 17.6 Å². The van der Waals surface area contributed by atoms with Gasteiger partial charge >= 0.3 is 16.1 Å². The Kier molecular flexibility index (Phi) is 6.46. The Hall–Kier alpha value is -2.88. The van der Waals surface area contributed by atoms with E-state index in [-0.39, 0.29) is 39.2 Å². The summed E-state index contributed by atoms with van der Waals surface area (Å²) in [4.78, 5) is 14.0. The number of amidine groups is 1. The van der Waals surface area contributed by atoms with Crippen molar-refractivity contribution in [3.63, 3.8) is 0 Å². The standard InChI is InChI=1S/C24H27N3O5S2/c1-4-12-24(13-5-2)17-9-7-6-8-16(17)21(28)20(22(24)29)23-25-18-11-10-15(26-33(3)30)14-19(18)34(31,32)27-23/h6-11,14H,4-5,12-13H2,1-3H3,(H3-,25,27,28,31,32). The molecule has 0 saturated carbocycles. The van der Waals surface area contributed by atoms with E-state index in [4.69, 9.17) is 0 Å². The Morgan fingerprint density at radius 3 is 2.50 bits per heavy atom. The minimum Gasteiger partial charge on any atom is -0.745 e. The molecule has 2 aromatic carbocycles. The van der Waals surface area contributed by atoms with Crippen molar-refractivity contribution in [2.75, 3.05) is 11.6 Å². The van der Waals surface area contributed by atoms with Crippen LogP contribution in [0.25, 0.3) is 9.95 Å². The number of ketones is 1. The second-order valence-corrected chi connectivity index (χ2v) is 11.1. The first-order chi connectivity index (χ1) is 16.1. The van der Waals surface area contributed by atoms with E-state index >= 15 is 0 Å².